The molecule has 0 bridgehead atoms. The maximum Gasteiger partial charge on any atom is 0.332 e. The van der Waals surface area contributed by atoms with E-state index in [0.717, 1.165) is 24.1 Å². The zero-order valence-electron chi connectivity index (χ0n) is 21.3. The molecular formula is C27H38N2O4. The smallest absolute Gasteiger partial charge is 0.332 e. The lowest BCUT2D eigenvalue weighted by Crippen LogP contribution is -2.38. The van der Waals surface area contributed by atoms with Crippen molar-refractivity contribution in [1.29, 1.82) is 0 Å². The van der Waals surface area contributed by atoms with Gasteiger partial charge in [0.15, 0.2) is 0 Å². The topological polar surface area (TPSA) is 76.7 Å². The Morgan fingerprint density at radius 3 is 2.15 bits per heavy atom. The van der Waals surface area contributed by atoms with Crippen molar-refractivity contribution >= 4 is 11.9 Å². The Bertz CT molecular complexity index is 1010. The molecule has 2 aliphatic heterocycles. The van der Waals surface area contributed by atoms with Gasteiger partial charge in [-0.05, 0) is 91.0 Å². The molecule has 2 heterocycles. The van der Waals surface area contributed by atoms with Crippen molar-refractivity contribution in [3.8, 4) is 0 Å². The van der Waals surface area contributed by atoms with Crippen molar-refractivity contribution in [2.24, 2.45) is 5.41 Å². The normalized spacial score (nSPS) is 27.9. The molecule has 1 aliphatic carbocycles. The Labute approximate surface area is 197 Å². The second kappa shape index (κ2) is 8.88. The molecule has 6 heteroatoms. The van der Waals surface area contributed by atoms with E-state index in [9.17, 15) is 9.59 Å². The van der Waals surface area contributed by atoms with Crippen LogP contribution in [-0.2, 0) is 19.1 Å². The van der Waals surface area contributed by atoms with Crippen molar-refractivity contribution in [2.75, 3.05) is 13.2 Å². The number of ether oxygens (including phenoxy) is 2. The number of carbonyl (C=O) groups excluding carboxylic acids is 2. The fourth-order valence-electron chi connectivity index (χ4n) is 5.45. The molecule has 33 heavy (non-hydrogen) atoms. The second-order valence-electron chi connectivity index (χ2n) is 10.5. The van der Waals surface area contributed by atoms with Gasteiger partial charge in [0.1, 0.15) is 0 Å². The summed E-state index contributed by atoms with van der Waals surface area (Å²) in [4.78, 5) is 24.9. The van der Waals surface area contributed by atoms with Gasteiger partial charge in [-0.15, -0.1) is 0 Å². The van der Waals surface area contributed by atoms with E-state index in [1.54, 1.807) is 13.0 Å². The van der Waals surface area contributed by atoms with Gasteiger partial charge in [0, 0.05) is 34.6 Å². The van der Waals surface area contributed by atoms with E-state index in [1.165, 1.54) is 22.8 Å². The van der Waals surface area contributed by atoms with Crippen LogP contribution in [0.25, 0.3) is 0 Å². The molecule has 2 N–H and O–H groups in total. The third kappa shape index (κ3) is 4.94. The van der Waals surface area contributed by atoms with E-state index < -0.39 is 5.41 Å². The van der Waals surface area contributed by atoms with Crippen molar-refractivity contribution < 1.29 is 19.1 Å². The van der Waals surface area contributed by atoms with E-state index in [0.29, 0.717) is 18.9 Å². The van der Waals surface area contributed by atoms with Crippen LogP contribution in [0.1, 0.15) is 68.2 Å². The Hall–Kier alpha value is -2.76. The predicted octanol–water partition coefficient (Wildman–Crippen LogP) is 4.61. The zero-order chi connectivity index (χ0) is 24.6. The molecule has 0 saturated carbocycles. The fourth-order valence-corrected chi connectivity index (χ4v) is 5.45. The number of nitrogens with one attached hydrogen (secondary N) is 2. The molecule has 0 radical (unpaired) electrons. The summed E-state index contributed by atoms with van der Waals surface area (Å²) in [6, 6.07) is 0. The third-order valence-electron chi connectivity index (χ3n) is 6.52. The van der Waals surface area contributed by atoms with Gasteiger partial charge in [-0.3, -0.25) is 0 Å². The largest absolute Gasteiger partial charge is 0.463 e. The summed E-state index contributed by atoms with van der Waals surface area (Å²) in [7, 11) is 0. The molecule has 3 aliphatic rings. The number of fused-ring (bicyclic) bond motifs is 2. The minimum Gasteiger partial charge on any atom is -0.463 e. The lowest BCUT2D eigenvalue weighted by molar-refractivity contribution is -0.138. The van der Waals surface area contributed by atoms with Gasteiger partial charge in [-0.25, -0.2) is 9.59 Å². The summed E-state index contributed by atoms with van der Waals surface area (Å²) in [5.41, 5.74) is 5.25. The van der Waals surface area contributed by atoms with Crippen LogP contribution < -0.4 is 10.6 Å². The highest BCUT2D eigenvalue weighted by Crippen LogP contribution is 2.58. The van der Waals surface area contributed by atoms with E-state index in [1.807, 2.05) is 6.92 Å². The number of rotatable bonds is 4. The predicted molar refractivity (Wildman–Crippen MR) is 130 cm³/mol. The Morgan fingerprint density at radius 2 is 1.55 bits per heavy atom. The molecule has 0 aromatic heterocycles. The van der Waals surface area contributed by atoms with Crippen molar-refractivity contribution in [3.05, 3.63) is 58.0 Å². The Morgan fingerprint density at radius 1 is 0.939 bits per heavy atom. The van der Waals surface area contributed by atoms with Gasteiger partial charge in [-0.1, -0.05) is 11.6 Å². The summed E-state index contributed by atoms with van der Waals surface area (Å²) in [5.74, 6) is -0.728. The molecule has 6 nitrogen and oxygen atoms in total. The molecular weight excluding hydrogens is 416 g/mol. The SMILES string of the molecule is CCOC(=O)/C=C1/C=C2C(=C(C)C=C(C)[C@@]23CC(C)(C)N/C3=C\C(=O)OCC)CC(C)(C)N1. The van der Waals surface area contributed by atoms with Crippen LogP contribution in [0.2, 0.25) is 0 Å². The van der Waals surface area contributed by atoms with Crippen molar-refractivity contribution in [2.45, 2.75) is 79.3 Å². The van der Waals surface area contributed by atoms with Crippen LogP contribution in [0, 0.1) is 5.41 Å². The van der Waals surface area contributed by atoms with Gasteiger partial charge in [0.25, 0.3) is 0 Å². The summed E-state index contributed by atoms with van der Waals surface area (Å²) in [6.07, 6.45) is 9.01. The van der Waals surface area contributed by atoms with Gasteiger partial charge in [-0.2, -0.15) is 0 Å². The number of hydrogen-bond donors (Lipinski definition) is 2. The monoisotopic (exact) mass is 454 g/mol. The molecule has 0 amide bonds. The Kier molecular flexibility index (Phi) is 6.69. The second-order valence-corrected chi connectivity index (χ2v) is 10.5. The van der Waals surface area contributed by atoms with Gasteiger partial charge in [0.2, 0.25) is 0 Å². The number of carbonyl (C=O) groups is 2. The van der Waals surface area contributed by atoms with Crippen LogP contribution in [-0.4, -0.2) is 36.2 Å². The number of esters is 2. The standard InChI is InChI=1S/C27H38N2O4/c1-9-32-23(30)13-19-12-21-20(15-25(5,6)28-19)17(3)11-18(4)27(21)16-26(7,8)29-22(27)14-24(31)33-10-2/h11-14,28-29H,9-10,15-16H2,1-8H3/b19-13-,22-14-/t27-/m0/s1. The first kappa shape index (κ1) is 24.9. The van der Waals surface area contributed by atoms with Gasteiger partial charge >= 0.3 is 11.9 Å². The lowest BCUT2D eigenvalue weighted by atomic mass is 9.62. The first-order valence-corrected chi connectivity index (χ1v) is 11.8. The molecule has 1 saturated heterocycles. The van der Waals surface area contributed by atoms with E-state index >= 15 is 0 Å². The summed E-state index contributed by atoms with van der Waals surface area (Å²) >= 11 is 0. The van der Waals surface area contributed by atoms with E-state index in [4.69, 9.17) is 9.47 Å². The number of allylic oxidation sites excluding steroid dienone is 4. The molecule has 180 valence electrons. The van der Waals surface area contributed by atoms with Crippen LogP contribution in [0.3, 0.4) is 0 Å². The molecule has 0 aromatic carbocycles. The fraction of sp³-hybridized carbons (Fsp3) is 0.556. The average molecular weight is 455 g/mol. The highest BCUT2D eigenvalue weighted by Gasteiger charge is 2.53. The highest BCUT2D eigenvalue weighted by atomic mass is 16.5. The summed E-state index contributed by atoms with van der Waals surface area (Å²) in [5, 5.41) is 7.13. The first-order valence-electron chi connectivity index (χ1n) is 11.8. The minimum absolute atomic E-state index is 0.231. The quantitative estimate of drug-likeness (QED) is 0.477. The number of hydrogen-bond acceptors (Lipinski definition) is 6. The molecule has 1 atom stereocenters. The molecule has 3 rings (SSSR count). The highest BCUT2D eigenvalue weighted by molar-refractivity contribution is 5.85. The lowest BCUT2D eigenvalue weighted by Gasteiger charge is -2.40. The van der Waals surface area contributed by atoms with Gasteiger partial charge < -0.3 is 20.1 Å². The zero-order valence-corrected chi connectivity index (χ0v) is 21.3. The van der Waals surface area contributed by atoms with Gasteiger partial charge in [0.05, 0.1) is 18.6 Å². The molecule has 1 spiro atoms. The van der Waals surface area contributed by atoms with Crippen LogP contribution in [0.4, 0.5) is 0 Å². The van der Waals surface area contributed by atoms with Crippen LogP contribution >= 0.6 is 0 Å². The van der Waals surface area contributed by atoms with Crippen molar-refractivity contribution in [3.63, 3.8) is 0 Å². The third-order valence-corrected chi connectivity index (χ3v) is 6.52. The minimum atomic E-state index is -0.513. The summed E-state index contributed by atoms with van der Waals surface area (Å²) in [6.45, 7) is 17.1. The van der Waals surface area contributed by atoms with E-state index in [2.05, 4.69) is 64.3 Å². The maximum absolute atomic E-state index is 12.5. The maximum atomic E-state index is 12.5. The van der Waals surface area contributed by atoms with Crippen LogP contribution in [0.15, 0.2) is 58.0 Å². The molecule has 0 unspecified atom stereocenters. The summed E-state index contributed by atoms with van der Waals surface area (Å²) < 4.78 is 10.5. The van der Waals surface area contributed by atoms with Crippen LogP contribution in [0.5, 0.6) is 0 Å². The average Bonchev–Trinajstić information content (AvgIpc) is 2.84. The Balaban J connectivity index is 2.28. The first-order chi connectivity index (χ1) is 15.3. The van der Waals surface area contributed by atoms with Crippen molar-refractivity contribution in [1.82, 2.24) is 10.6 Å². The molecule has 0 aromatic rings. The van der Waals surface area contributed by atoms with E-state index in [-0.39, 0.29) is 23.0 Å². The molecule has 1 fully saturated rings.